The molecule has 2 atom stereocenters. The van der Waals surface area contributed by atoms with E-state index in [1.165, 1.54) is 0 Å². The first-order valence-electron chi connectivity index (χ1n) is 12.0. The zero-order valence-corrected chi connectivity index (χ0v) is 20.7. The molecule has 0 unspecified atom stereocenters. The number of alkyl carbamates (subject to hydrolysis) is 1. The van der Waals surface area contributed by atoms with Crippen molar-refractivity contribution in [1.82, 2.24) is 15.2 Å². The number of nitrogens with zero attached hydrogens (tertiary/aromatic N) is 2. The van der Waals surface area contributed by atoms with Crippen molar-refractivity contribution in [1.29, 1.82) is 5.26 Å². The number of benzene rings is 2. The van der Waals surface area contributed by atoms with E-state index in [9.17, 15) is 14.9 Å². The van der Waals surface area contributed by atoms with Crippen LogP contribution in [0.2, 0.25) is 0 Å². The molecule has 2 heterocycles. The summed E-state index contributed by atoms with van der Waals surface area (Å²) in [5.74, 6) is 0.977. The van der Waals surface area contributed by atoms with Crippen molar-refractivity contribution in [3.63, 3.8) is 0 Å². The van der Waals surface area contributed by atoms with Crippen molar-refractivity contribution >= 4 is 28.6 Å². The number of H-pyrrole nitrogens is 1. The minimum atomic E-state index is -0.894. The Hall–Kier alpha value is -4.19. The number of fused-ring (bicyclic) bond motifs is 1. The number of hydrogen-bond acceptors (Lipinski definition) is 6. The van der Waals surface area contributed by atoms with Crippen LogP contribution in [0.4, 0.5) is 10.5 Å². The molecule has 0 radical (unpaired) electrons. The smallest absolute Gasteiger partial charge is 0.408 e. The van der Waals surface area contributed by atoms with Gasteiger partial charge in [-0.3, -0.25) is 4.79 Å². The third kappa shape index (κ3) is 5.89. The molecule has 2 amide bonds. The van der Waals surface area contributed by atoms with Crippen LogP contribution in [0, 0.1) is 11.3 Å². The molecule has 3 aromatic rings. The van der Waals surface area contributed by atoms with Gasteiger partial charge in [-0.2, -0.15) is 5.26 Å². The van der Waals surface area contributed by atoms with E-state index in [0.29, 0.717) is 30.2 Å². The van der Waals surface area contributed by atoms with Gasteiger partial charge in [0.05, 0.1) is 6.07 Å². The standard InChI is InChI=1S/C27H31N5O4/c1-27(2,3)36-26(34)31-24(25(33)32-12-4-5-19(32)15-28)13-17-16-30-23-11-10-21(14-22(17)23)35-20-8-6-18(29)7-9-20/h6-11,14,16,19,24,30H,4-5,12-13,29H2,1-3H3,(H,31,34)/t19-,24-/m0/s1. The molecule has 1 saturated heterocycles. The summed E-state index contributed by atoms with van der Waals surface area (Å²) in [7, 11) is 0. The zero-order valence-electron chi connectivity index (χ0n) is 20.7. The number of nitrogens with one attached hydrogen (secondary N) is 2. The molecule has 4 rings (SSSR count). The van der Waals surface area contributed by atoms with E-state index in [1.54, 1.807) is 49.9 Å². The largest absolute Gasteiger partial charge is 0.457 e. The van der Waals surface area contributed by atoms with Crippen molar-refractivity contribution in [2.24, 2.45) is 0 Å². The van der Waals surface area contributed by atoms with E-state index in [2.05, 4.69) is 16.4 Å². The summed E-state index contributed by atoms with van der Waals surface area (Å²) < 4.78 is 11.4. The number of anilines is 1. The van der Waals surface area contributed by atoms with Crippen LogP contribution < -0.4 is 15.8 Å². The van der Waals surface area contributed by atoms with Gasteiger partial charge in [0, 0.05) is 35.8 Å². The van der Waals surface area contributed by atoms with Gasteiger partial charge in [-0.25, -0.2) is 4.79 Å². The highest BCUT2D eigenvalue weighted by Gasteiger charge is 2.35. The van der Waals surface area contributed by atoms with Crippen molar-refractivity contribution in [3.05, 3.63) is 54.2 Å². The molecule has 4 N–H and O–H groups in total. The molecule has 9 nitrogen and oxygen atoms in total. The number of aromatic nitrogens is 1. The monoisotopic (exact) mass is 489 g/mol. The summed E-state index contributed by atoms with van der Waals surface area (Å²) in [5, 5.41) is 13.1. The van der Waals surface area contributed by atoms with E-state index in [0.717, 1.165) is 22.9 Å². The van der Waals surface area contributed by atoms with E-state index < -0.39 is 23.8 Å². The molecule has 1 aliphatic rings. The molecule has 0 aliphatic carbocycles. The number of aromatic amines is 1. The number of nitrogens with two attached hydrogens (primary N) is 1. The fraction of sp³-hybridized carbons (Fsp3) is 0.370. The Labute approximate surface area is 210 Å². The minimum Gasteiger partial charge on any atom is -0.457 e. The molecule has 1 aliphatic heterocycles. The van der Waals surface area contributed by atoms with Crippen LogP contribution in [-0.2, 0) is 16.0 Å². The van der Waals surface area contributed by atoms with Gasteiger partial charge in [0.2, 0.25) is 5.91 Å². The first kappa shape index (κ1) is 24.9. The number of carbonyl (C=O) groups excluding carboxylic acids is 2. The normalized spacial score (nSPS) is 16.4. The van der Waals surface area contributed by atoms with Crippen LogP contribution >= 0.6 is 0 Å². The van der Waals surface area contributed by atoms with Crippen LogP contribution in [0.3, 0.4) is 0 Å². The average molecular weight is 490 g/mol. The van der Waals surface area contributed by atoms with Crippen molar-refractivity contribution in [3.8, 4) is 17.6 Å². The third-order valence-corrected chi connectivity index (χ3v) is 5.95. The van der Waals surface area contributed by atoms with E-state index in [1.807, 2.05) is 24.4 Å². The Morgan fingerprint density at radius 1 is 1.22 bits per heavy atom. The predicted molar refractivity (Wildman–Crippen MR) is 136 cm³/mol. The second kappa shape index (κ2) is 10.2. The molecular formula is C27H31N5O4. The molecule has 36 heavy (non-hydrogen) atoms. The number of hydrogen-bond donors (Lipinski definition) is 3. The fourth-order valence-electron chi connectivity index (χ4n) is 4.30. The fourth-order valence-corrected chi connectivity index (χ4v) is 4.30. The highest BCUT2D eigenvalue weighted by atomic mass is 16.6. The van der Waals surface area contributed by atoms with Gasteiger partial charge in [-0.05, 0) is 81.6 Å². The molecule has 0 bridgehead atoms. The number of nitriles is 1. The first-order chi connectivity index (χ1) is 17.1. The molecule has 0 spiro atoms. The maximum Gasteiger partial charge on any atom is 0.408 e. The Balaban J connectivity index is 1.60. The van der Waals surface area contributed by atoms with E-state index in [4.69, 9.17) is 15.2 Å². The predicted octanol–water partition coefficient (Wildman–Crippen LogP) is 4.49. The SMILES string of the molecule is CC(C)(C)OC(=O)N[C@@H](Cc1c[nH]c2ccc(Oc3ccc(N)cc3)cc12)C(=O)N1CCC[C@H]1C#N. The number of rotatable bonds is 6. The molecule has 188 valence electrons. The topological polar surface area (TPSA) is 133 Å². The lowest BCUT2D eigenvalue weighted by Gasteiger charge is -2.27. The minimum absolute atomic E-state index is 0.220. The number of likely N-dealkylation sites (tertiary alicyclic amines) is 1. The lowest BCUT2D eigenvalue weighted by atomic mass is 10.0. The van der Waals surface area contributed by atoms with Gasteiger partial charge in [-0.1, -0.05) is 0 Å². The summed E-state index contributed by atoms with van der Waals surface area (Å²) >= 11 is 0. The quantitative estimate of drug-likeness (QED) is 0.437. The van der Waals surface area contributed by atoms with Gasteiger partial charge in [0.25, 0.3) is 0 Å². The Morgan fingerprint density at radius 3 is 2.64 bits per heavy atom. The number of carbonyl (C=O) groups is 2. The van der Waals surface area contributed by atoms with Crippen LogP contribution in [-0.4, -0.2) is 46.1 Å². The number of ether oxygens (including phenoxy) is 2. The second-order valence-corrected chi connectivity index (χ2v) is 9.91. The molecule has 1 aromatic heterocycles. The summed E-state index contributed by atoms with van der Waals surface area (Å²) in [6.45, 7) is 5.77. The molecule has 1 fully saturated rings. The third-order valence-electron chi connectivity index (χ3n) is 5.95. The second-order valence-electron chi connectivity index (χ2n) is 9.91. The highest BCUT2D eigenvalue weighted by Crippen LogP contribution is 2.29. The van der Waals surface area contributed by atoms with Gasteiger partial charge in [0.1, 0.15) is 29.2 Å². The highest BCUT2D eigenvalue weighted by molar-refractivity contribution is 5.89. The molecular weight excluding hydrogens is 458 g/mol. The molecule has 9 heteroatoms. The van der Waals surface area contributed by atoms with Crippen molar-refractivity contribution in [2.45, 2.75) is 57.7 Å². The van der Waals surface area contributed by atoms with Gasteiger partial charge < -0.3 is 30.4 Å². The number of amides is 2. The van der Waals surface area contributed by atoms with E-state index >= 15 is 0 Å². The van der Waals surface area contributed by atoms with Crippen LogP contribution in [0.25, 0.3) is 10.9 Å². The zero-order chi connectivity index (χ0) is 25.9. The van der Waals surface area contributed by atoms with Crippen LogP contribution in [0.5, 0.6) is 11.5 Å². The van der Waals surface area contributed by atoms with Crippen molar-refractivity contribution < 1.29 is 19.1 Å². The lowest BCUT2D eigenvalue weighted by Crippen LogP contribution is -2.51. The Morgan fingerprint density at radius 2 is 1.94 bits per heavy atom. The average Bonchev–Trinajstić information content (AvgIpc) is 3.45. The molecule has 0 saturated carbocycles. The first-order valence-corrected chi connectivity index (χ1v) is 12.0. The Bertz CT molecular complexity index is 1290. The summed E-state index contributed by atoms with van der Waals surface area (Å²) in [6, 6.07) is 13.6. The Kier molecular flexibility index (Phi) is 7.06. The summed E-state index contributed by atoms with van der Waals surface area (Å²) in [4.78, 5) is 30.8. The van der Waals surface area contributed by atoms with Gasteiger partial charge in [0.15, 0.2) is 0 Å². The van der Waals surface area contributed by atoms with Gasteiger partial charge >= 0.3 is 6.09 Å². The number of nitrogen functional groups attached to an aromatic ring is 1. The van der Waals surface area contributed by atoms with Crippen LogP contribution in [0.15, 0.2) is 48.7 Å². The maximum atomic E-state index is 13.5. The van der Waals surface area contributed by atoms with E-state index in [-0.39, 0.29) is 12.3 Å². The summed E-state index contributed by atoms with van der Waals surface area (Å²) in [6.07, 6.45) is 2.74. The maximum absolute atomic E-state index is 13.5. The van der Waals surface area contributed by atoms with Crippen LogP contribution in [0.1, 0.15) is 39.2 Å². The lowest BCUT2D eigenvalue weighted by molar-refractivity contribution is -0.133. The molecule has 2 aromatic carbocycles. The summed E-state index contributed by atoms with van der Waals surface area (Å²) in [5.41, 5.74) is 7.39. The van der Waals surface area contributed by atoms with Gasteiger partial charge in [-0.15, -0.1) is 0 Å². The van der Waals surface area contributed by atoms with Crippen molar-refractivity contribution in [2.75, 3.05) is 12.3 Å².